The fourth-order valence-electron chi connectivity index (χ4n) is 6.83. The number of nitrogens with one attached hydrogen (secondary N) is 3. The number of hydrogen-bond acceptors (Lipinski definition) is 5. The van der Waals surface area contributed by atoms with Crippen LogP contribution in [0.25, 0.3) is 21.8 Å². The van der Waals surface area contributed by atoms with Crippen LogP contribution in [0.5, 0.6) is 11.5 Å². The summed E-state index contributed by atoms with van der Waals surface area (Å²) in [6.07, 6.45) is 6.62. The normalized spacial score (nSPS) is 14.7. The minimum Gasteiger partial charge on any atom is -0.493 e. The van der Waals surface area contributed by atoms with Crippen molar-refractivity contribution in [1.82, 2.24) is 25.1 Å². The number of likely N-dealkylation sites (tertiary alicyclic amines) is 1. The van der Waals surface area contributed by atoms with Gasteiger partial charge < -0.3 is 29.7 Å². The van der Waals surface area contributed by atoms with E-state index in [2.05, 4.69) is 32.4 Å². The van der Waals surface area contributed by atoms with Gasteiger partial charge in [0.1, 0.15) is 0 Å². The summed E-state index contributed by atoms with van der Waals surface area (Å²) in [6.45, 7) is 4.28. The Morgan fingerprint density at radius 3 is 2.47 bits per heavy atom. The molecular formula is C37H42ClN5O4. The number of carbonyl (C=O) groups is 2. The quantitative estimate of drug-likeness (QED) is 0.147. The molecule has 1 saturated heterocycles. The molecule has 1 fully saturated rings. The van der Waals surface area contributed by atoms with E-state index >= 15 is 0 Å². The molecule has 0 saturated carbocycles. The molecule has 2 aromatic heterocycles. The average molecular weight is 656 g/mol. The number of rotatable bonds is 12. The van der Waals surface area contributed by atoms with Crippen LogP contribution in [0.1, 0.15) is 42.4 Å². The first-order valence-corrected chi connectivity index (χ1v) is 16.5. The molecule has 10 heteroatoms. The van der Waals surface area contributed by atoms with Crippen LogP contribution in [-0.2, 0) is 22.6 Å². The number of fused-ring (bicyclic) bond motifs is 2. The molecule has 1 aliphatic heterocycles. The van der Waals surface area contributed by atoms with E-state index in [0.717, 1.165) is 58.5 Å². The summed E-state index contributed by atoms with van der Waals surface area (Å²) in [4.78, 5) is 37.3. The van der Waals surface area contributed by atoms with E-state index in [4.69, 9.17) is 21.1 Å². The predicted octanol–water partition coefficient (Wildman–Crippen LogP) is 6.28. The summed E-state index contributed by atoms with van der Waals surface area (Å²) in [5, 5.41) is 6.32. The van der Waals surface area contributed by atoms with E-state index in [-0.39, 0.29) is 17.9 Å². The molecule has 47 heavy (non-hydrogen) atoms. The predicted molar refractivity (Wildman–Crippen MR) is 186 cm³/mol. The molecule has 3 aromatic carbocycles. The summed E-state index contributed by atoms with van der Waals surface area (Å²) in [5.41, 5.74) is 5.44. The number of benzene rings is 3. The van der Waals surface area contributed by atoms with E-state index in [1.54, 1.807) is 26.0 Å². The molecule has 246 valence electrons. The molecule has 0 spiro atoms. The molecule has 3 N–H and O–H groups in total. The topological polar surface area (TPSA) is 103 Å². The maximum atomic E-state index is 13.6. The SMILES string of the molecule is COc1ccc(CN(C[C@@H](Cc2c[nH]c3ccccc23)NC(=O)CN2CCC(c3c[nH]c4ccc(Cl)cc34)CC2)C(C)=O)cc1OC. The van der Waals surface area contributed by atoms with Gasteiger partial charge in [-0.05, 0) is 91.4 Å². The van der Waals surface area contributed by atoms with Gasteiger partial charge in [-0.1, -0.05) is 35.9 Å². The molecule has 0 bridgehead atoms. The van der Waals surface area contributed by atoms with Gasteiger partial charge >= 0.3 is 0 Å². The number of para-hydroxylation sites is 1. The van der Waals surface area contributed by atoms with Gasteiger partial charge in [-0.2, -0.15) is 0 Å². The summed E-state index contributed by atoms with van der Waals surface area (Å²) < 4.78 is 10.9. The smallest absolute Gasteiger partial charge is 0.234 e. The van der Waals surface area contributed by atoms with Crippen molar-refractivity contribution in [3.8, 4) is 11.5 Å². The summed E-state index contributed by atoms with van der Waals surface area (Å²) in [6, 6.07) is 19.5. The zero-order chi connectivity index (χ0) is 32.9. The van der Waals surface area contributed by atoms with Crippen molar-refractivity contribution in [3.05, 3.63) is 94.8 Å². The van der Waals surface area contributed by atoms with Gasteiger partial charge in [-0.25, -0.2) is 0 Å². The van der Waals surface area contributed by atoms with Crippen LogP contribution in [0.15, 0.2) is 73.1 Å². The second kappa shape index (κ2) is 14.5. The monoisotopic (exact) mass is 655 g/mol. The van der Waals surface area contributed by atoms with Gasteiger partial charge in [0.25, 0.3) is 0 Å². The number of aromatic amines is 2. The van der Waals surface area contributed by atoms with Crippen molar-refractivity contribution in [3.63, 3.8) is 0 Å². The zero-order valence-corrected chi connectivity index (χ0v) is 27.9. The standard InChI is InChI=1S/C37H42ClN5O4/c1-24(44)43(21-25-8-11-35(46-2)36(16-25)47-3)22-29(17-27-19-39-33-7-5-4-6-30(27)33)41-37(45)23-42-14-12-26(13-15-42)32-20-40-34-10-9-28(38)18-31(32)34/h4-11,16,18-20,26,29,39-40H,12-15,17,21-23H2,1-3H3,(H,41,45)/t29-/m1/s1. The van der Waals surface area contributed by atoms with Gasteiger partial charge in [0.2, 0.25) is 11.8 Å². The third kappa shape index (κ3) is 7.58. The van der Waals surface area contributed by atoms with Crippen molar-refractivity contribution in [2.75, 3.05) is 40.4 Å². The van der Waals surface area contributed by atoms with Crippen LogP contribution in [0.3, 0.4) is 0 Å². The number of nitrogens with zero attached hydrogens (tertiary/aromatic N) is 2. The Kier molecular flexibility index (Phi) is 10.0. The minimum atomic E-state index is -0.292. The molecule has 5 aromatic rings. The Morgan fingerprint density at radius 1 is 0.957 bits per heavy atom. The lowest BCUT2D eigenvalue weighted by atomic mass is 9.89. The highest BCUT2D eigenvalue weighted by Gasteiger charge is 2.26. The molecule has 0 aliphatic carbocycles. The van der Waals surface area contributed by atoms with Gasteiger partial charge in [0, 0.05) is 59.2 Å². The van der Waals surface area contributed by atoms with Crippen LogP contribution in [-0.4, -0.2) is 78.0 Å². The fourth-order valence-corrected chi connectivity index (χ4v) is 7.00. The van der Waals surface area contributed by atoms with E-state index in [1.807, 2.05) is 60.8 Å². The van der Waals surface area contributed by atoms with Crippen LogP contribution >= 0.6 is 11.6 Å². The first kappa shape index (κ1) is 32.5. The highest BCUT2D eigenvalue weighted by atomic mass is 35.5. The van der Waals surface area contributed by atoms with Crippen molar-refractivity contribution < 1.29 is 19.1 Å². The number of halogens is 1. The molecule has 6 rings (SSSR count). The minimum absolute atomic E-state index is 0.0400. The molecule has 9 nitrogen and oxygen atoms in total. The molecule has 1 atom stereocenters. The van der Waals surface area contributed by atoms with Gasteiger partial charge in [-0.3, -0.25) is 14.5 Å². The van der Waals surface area contributed by atoms with Gasteiger partial charge in [0.15, 0.2) is 11.5 Å². The Morgan fingerprint density at radius 2 is 1.70 bits per heavy atom. The van der Waals surface area contributed by atoms with Gasteiger partial charge in [0.05, 0.1) is 26.8 Å². The van der Waals surface area contributed by atoms with Crippen LogP contribution in [0.2, 0.25) is 5.02 Å². The second-order valence-electron chi connectivity index (χ2n) is 12.4. The first-order chi connectivity index (χ1) is 22.8. The van der Waals surface area contributed by atoms with E-state index in [9.17, 15) is 9.59 Å². The van der Waals surface area contributed by atoms with Crippen LogP contribution < -0.4 is 14.8 Å². The Hall–Kier alpha value is -4.47. The molecule has 0 unspecified atom stereocenters. The molecule has 3 heterocycles. The number of ether oxygens (including phenoxy) is 2. The summed E-state index contributed by atoms with van der Waals surface area (Å²) >= 11 is 6.29. The number of aromatic nitrogens is 2. The Bertz CT molecular complexity index is 1860. The summed E-state index contributed by atoms with van der Waals surface area (Å²) in [5.74, 6) is 1.54. The highest BCUT2D eigenvalue weighted by Crippen LogP contribution is 2.34. The van der Waals surface area contributed by atoms with Crippen molar-refractivity contribution in [2.45, 2.75) is 44.7 Å². The first-order valence-electron chi connectivity index (χ1n) is 16.1. The Labute approximate surface area is 280 Å². The maximum Gasteiger partial charge on any atom is 0.234 e. The summed E-state index contributed by atoms with van der Waals surface area (Å²) in [7, 11) is 3.19. The number of carbonyl (C=O) groups excluding carboxylic acids is 2. The molecular weight excluding hydrogens is 614 g/mol. The number of amides is 2. The van der Waals surface area contributed by atoms with E-state index in [0.29, 0.717) is 43.5 Å². The number of hydrogen-bond donors (Lipinski definition) is 3. The molecule has 1 aliphatic rings. The molecule has 0 radical (unpaired) electrons. The number of methoxy groups -OCH3 is 2. The Balaban J connectivity index is 1.14. The van der Waals surface area contributed by atoms with E-state index in [1.165, 1.54) is 10.9 Å². The average Bonchev–Trinajstić information content (AvgIpc) is 3.68. The number of piperidine rings is 1. The van der Waals surface area contributed by atoms with Crippen LogP contribution in [0.4, 0.5) is 0 Å². The largest absolute Gasteiger partial charge is 0.493 e. The van der Waals surface area contributed by atoms with Crippen molar-refractivity contribution >= 4 is 45.2 Å². The second-order valence-corrected chi connectivity index (χ2v) is 12.8. The zero-order valence-electron chi connectivity index (χ0n) is 27.1. The van der Waals surface area contributed by atoms with Crippen molar-refractivity contribution in [2.24, 2.45) is 0 Å². The highest BCUT2D eigenvalue weighted by molar-refractivity contribution is 6.31. The lowest BCUT2D eigenvalue weighted by Crippen LogP contribution is -2.49. The number of H-pyrrole nitrogens is 2. The van der Waals surface area contributed by atoms with E-state index < -0.39 is 0 Å². The molecule has 2 amide bonds. The van der Waals surface area contributed by atoms with Crippen LogP contribution in [0, 0.1) is 0 Å². The third-order valence-electron chi connectivity index (χ3n) is 9.28. The maximum absolute atomic E-state index is 13.6. The lowest BCUT2D eigenvalue weighted by molar-refractivity contribution is -0.131. The van der Waals surface area contributed by atoms with Crippen molar-refractivity contribution in [1.29, 1.82) is 0 Å². The fraction of sp³-hybridized carbons (Fsp3) is 0.351. The lowest BCUT2D eigenvalue weighted by Gasteiger charge is -2.32. The van der Waals surface area contributed by atoms with Gasteiger partial charge in [-0.15, -0.1) is 0 Å². The third-order valence-corrected chi connectivity index (χ3v) is 9.52.